The minimum atomic E-state index is 0.530. The van der Waals surface area contributed by atoms with Crippen molar-refractivity contribution in [3.05, 3.63) is 64.7 Å². The Hall–Kier alpha value is -1.69. The maximum absolute atomic E-state index is 5.88. The Morgan fingerprint density at radius 1 is 1.00 bits per heavy atom. The Morgan fingerprint density at radius 2 is 1.72 bits per heavy atom. The summed E-state index contributed by atoms with van der Waals surface area (Å²) in [4.78, 5) is 4.34. The van der Waals surface area contributed by atoms with Crippen LogP contribution in [-0.4, -0.2) is 30.6 Å². The van der Waals surface area contributed by atoms with Crippen molar-refractivity contribution < 1.29 is 9.47 Å². The molecule has 0 spiro atoms. The van der Waals surface area contributed by atoms with E-state index >= 15 is 0 Å². The molecule has 1 heterocycles. The predicted molar refractivity (Wildman–Crippen MR) is 105 cm³/mol. The van der Waals surface area contributed by atoms with Gasteiger partial charge in [0.05, 0.1) is 19.8 Å². The average Bonchev–Trinajstić information content (AvgIpc) is 3.15. The van der Waals surface area contributed by atoms with Gasteiger partial charge >= 0.3 is 0 Å². The molecule has 0 aliphatic carbocycles. The number of halogens is 1. The molecule has 0 aromatic heterocycles. The number of amidine groups is 1. The summed E-state index contributed by atoms with van der Waals surface area (Å²) in [6, 6.07) is 15.7. The van der Waals surface area contributed by atoms with Gasteiger partial charge in [-0.15, -0.1) is 0 Å². The average molecular weight is 377 g/mol. The summed E-state index contributed by atoms with van der Waals surface area (Å²) in [6.07, 6.45) is 0. The van der Waals surface area contributed by atoms with Gasteiger partial charge in [-0.05, 0) is 35.4 Å². The van der Waals surface area contributed by atoms with E-state index in [1.165, 1.54) is 0 Å². The molecular formula is C19H21ClN2O2S. The summed E-state index contributed by atoms with van der Waals surface area (Å²) >= 11 is 7.59. The number of hydrogen-bond acceptors (Lipinski definition) is 5. The van der Waals surface area contributed by atoms with Crippen LogP contribution >= 0.6 is 23.4 Å². The van der Waals surface area contributed by atoms with Gasteiger partial charge in [-0.25, -0.2) is 0 Å². The first-order chi connectivity index (χ1) is 12.3. The van der Waals surface area contributed by atoms with Crippen LogP contribution in [0, 0.1) is 0 Å². The topological polar surface area (TPSA) is 42.9 Å². The molecule has 4 nitrogen and oxygen atoms in total. The van der Waals surface area contributed by atoms with Crippen molar-refractivity contribution in [2.45, 2.75) is 13.2 Å². The van der Waals surface area contributed by atoms with E-state index in [0.29, 0.717) is 19.8 Å². The van der Waals surface area contributed by atoms with E-state index in [4.69, 9.17) is 21.1 Å². The molecule has 0 atom stereocenters. The Balaban J connectivity index is 1.34. The zero-order valence-corrected chi connectivity index (χ0v) is 15.5. The van der Waals surface area contributed by atoms with Gasteiger partial charge in [0.2, 0.25) is 0 Å². The molecule has 0 amide bonds. The highest BCUT2D eigenvalue weighted by Crippen LogP contribution is 2.16. The first-order valence-electron chi connectivity index (χ1n) is 8.25. The molecule has 132 valence electrons. The lowest BCUT2D eigenvalue weighted by molar-refractivity contribution is 0.136. The third kappa shape index (κ3) is 6.27. The smallest absolute Gasteiger partial charge is 0.156 e. The van der Waals surface area contributed by atoms with Crippen LogP contribution in [0.3, 0.4) is 0 Å². The van der Waals surface area contributed by atoms with E-state index in [1.54, 1.807) is 11.8 Å². The summed E-state index contributed by atoms with van der Waals surface area (Å²) in [6.45, 7) is 3.69. The summed E-state index contributed by atoms with van der Waals surface area (Å²) in [5, 5.41) is 5.00. The SMILES string of the molecule is Clc1ccc(COc2ccc(COCCSC3=NCCN3)cc2)cc1. The maximum Gasteiger partial charge on any atom is 0.156 e. The van der Waals surface area contributed by atoms with Gasteiger partial charge in [0, 0.05) is 17.3 Å². The van der Waals surface area contributed by atoms with E-state index in [1.807, 2.05) is 48.5 Å². The lowest BCUT2D eigenvalue weighted by Crippen LogP contribution is -2.16. The minimum absolute atomic E-state index is 0.530. The molecule has 2 aromatic rings. The second-order valence-corrected chi connectivity index (χ2v) is 7.09. The van der Waals surface area contributed by atoms with Gasteiger partial charge in [-0.1, -0.05) is 47.6 Å². The molecular weight excluding hydrogens is 356 g/mol. The van der Waals surface area contributed by atoms with Crippen molar-refractivity contribution >= 4 is 28.5 Å². The quantitative estimate of drug-likeness (QED) is 0.703. The normalized spacial score (nSPS) is 13.4. The van der Waals surface area contributed by atoms with Gasteiger partial charge < -0.3 is 14.8 Å². The van der Waals surface area contributed by atoms with Gasteiger partial charge in [-0.3, -0.25) is 4.99 Å². The highest BCUT2D eigenvalue weighted by atomic mass is 35.5. The molecule has 1 aliphatic rings. The fourth-order valence-corrected chi connectivity index (χ4v) is 3.20. The molecule has 0 saturated heterocycles. The molecule has 6 heteroatoms. The first-order valence-corrected chi connectivity index (χ1v) is 9.61. The minimum Gasteiger partial charge on any atom is -0.489 e. The van der Waals surface area contributed by atoms with Crippen LogP contribution in [0.5, 0.6) is 5.75 Å². The first kappa shape index (κ1) is 18.1. The van der Waals surface area contributed by atoms with E-state index < -0.39 is 0 Å². The van der Waals surface area contributed by atoms with Gasteiger partial charge in [0.25, 0.3) is 0 Å². The second-order valence-electron chi connectivity index (χ2n) is 5.57. The molecule has 3 rings (SSSR count). The Morgan fingerprint density at radius 3 is 2.44 bits per heavy atom. The van der Waals surface area contributed by atoms with Crippen LogP contribution in [-0.2, 0) is 18.0 Å². The van der Waals surface area contributed by atoms with Gasteiger partial charge in [-0.2, -0.15) is 0 Å². The monoisotopic (exact) mass is 376 g/mol. The third-order valence-electron chi connectivity index (χ3n) is 3.62. The molecule has 2 aromatic carbocycles. The van der Waals surface area contributed by atoms with Crippen molar-refractivity contribution in [2.75, 3.05) is 25.4 Å². The molecule has 0 radical (unpaired) electrons. The molecule has 1 N–H and O–H groups in total. The van der Waals surface area contributed by atoms with Crippen molar-refractivity contribution in [1.82, 2.24) is 5.32 Å². The summed E-state index contributed by atoms with van der Waals surface area (Å²) < 4.78 is 11.5. The molecule has 25 heavy (non-hydrogen) atoms. The van der Waals surface area contributed by atoms with Gasteiger partial charge in [0.1, 0.15) is 12.4 Å². The lowest BCUT2D eigenvalue weighted by Gasteiger charge is -2.08. The molecule has 0 unspecified atom stereocenters. The highest BCUT2D eigenvalue weighted by Gasteiger charge is 2.04. The molecule has 0 fully saturated rings. The number of nitrogens with one attached hydrogen (secondary N) is 1. The maximum atomic E-state index is 5.88. The Kier molecular flexibility index (Phi) is 7.03. The van der Waals surface area contributed by atoms with E-state index in [2.05, 4.69) is 10.3 Å². The van der Waals surface area contributed by atoms with Crippen molar-refractivity contribution in [3.63, 3.8) is 0 Å². The van der Waals surface area contributed by atoms with Crippen LogP contribution in [0.15, 0.2) is 53.5 Å². The number of rotatable bonds is 8. The van der Waals surface area contributed by atoms with Crippen molar-refractivity contribution in [3.8, 4) is 5.75 Å². The Bertz CT molecular complexity index is 690. The van der Waals surface area contributed by atoms with Crippen molar-refractivity contribution in [1.29, 1.82) is 0 Å². The second kappa shape index (κ2) is 9.70. The van der Waals surface area contributed by atoms with Crippen LogP contribution in [0.2, 0.25) is 5.02 Å². The van der Waals surface area contributed by atoms with Crippen LogP contribution in [0.1, 0.15) is 11.1 Å². The van der Waals surface area contributed by atoms with E-state index in [-0.39, 0.29) is 0 Å². The van der Waals surface area contributed by atoms with Crippen LogP contribution in [0.25, 0.3) is 0 Å². The number of benzene rings is 2. The number of thioether (sulfide) groups is 1. The number of nitrogens with zero attached hydrogens (tertiary/aromatic N) is 1. The van der Waals surface area contributed by atoms with E-state index in [9.17, 15) is 0 Å². The summed E-state index contributed by atoms with van der Waals surface area (Å²) in [5.41, 5.74) is 2.23. The van der Waals surface area contributed by atoms with E-state index in [0.717, 1.165) is 45.9 Å². The molecule has 1 aliphatic heterocycles. The fourth-order valence-electron chi connectivity index (χ4n) is 2.29. The van der Waals surface area contributed by atoms with Crippen LogP contribution in [0.4, 0.5) is 0 Å². The fraction of sp³-hybridized carbons (Fsp3) is 0.316. The number of hydrogen-bond donors (Lipinski definition) is 1. The summed E-state index contributed by atoms with van der Waals surface area (Å²) in [5.74, 6) is 1.76. The van der Waals surface area contributed by atoms with Crippen LogP contribution < -0.4 is 10.1 Å². The Labute approximate surface area is 157 Å². The zero-order valence-electron chi connectivity index (χ0n) is 13.9. The lowest BCUT2D eigenvalue weighted by atomic mass is 10.2. The standard InChI is InChI=1S/C19H21ClN2O2S/c20-17-5-1-16(2-6-17)14-24-18-7-3-15(4-8-18)13-23-11-12-25-19-21-9-10-22-19/h1-8H,9-14H2,(H,21,22). The highest BCUT2D eigenvalue weighted by molar-refractivity contribution is 8.13. The predicted octanol–water partition coefficient (Wildman–Crippen LogP) is 4.13. The van der Waals surface area contributed by atoms with Gasteiger partial charge in [0.15, 0.2) is 5.17 Å². The largest absolute Gasteiger partial charge is 0.489 e. The summed E-state index contributed by atoms with van der Waals surface area (Å²) in [7, 11) is 0. The number of aliphatic imine (C=N–C) groups is 1. The zero-order chi connectivity index (χ0) is 17.3. The third-order valence-corrected chi connectivity index (χ3v) is 4.79. The number of ether oxygens (including phenoxy) is 2. The molecule has 0 bridgehead atoms. The molecule has 0 saturated carbocycles. The van der Waals surface area contributed by atoms with Crippen molar-refractivity contribution in [2.24, 2.45) is 4.99 Å².